The molecule has 1 N–H and O–H groups in total. The number of carbonyl (C=O) groups is 1. The van der Waals surface area contributed by atoms with E-state index in [1.165, 1.54) is 23.3 Å². The molecule has 20 heavy (non-hydrogen) atoms. The number of hydrogen-bond acceptors (Lipinski definition) is 2. The van der Waals surface area contributed by atoms with Gasteiger partial charge in [-0.3, -0.25) is 4.79 Å². The van der Waals surface area contributed by atoms with E-state index in [1.807, 2.05) is 0 Å². The molecular formula is C17H27NOS. The lowest BCUT2D eigenvalue weighted by molar-refractivity contribution is 0.0895. The molecule has 1 saturated carbocycles. The molecule has 1 aliphatic carbocycles. The molecule has 0 aliphatic heterocycles. The van der Waals surface area contributed by atoms with Crippen molar-refractivity contribution in [3.05, 3.63) is 21.4 Å². The van der Waals surface area contributed by atoms with Gasteiger partial charge in [-0.25, -0.2) is 0 Å². The normalized spacial score (nSPS) is 26.5. The Labute approximate surface area is 127 Å². The molecule has 0 aromatic carbocycles. The fraction of sp³-hybridized carbons (Fsp3) is 0.706. The summed E-state index contributed by atoms with van der Waals surface area (Å²) in [4.78, 5) is 14.7. The van der Waals surface area contributed by atoms with E-state index in [0.29, 0.717) is 12.0 Å². The zero-order valence-electron chi connectivity index (χ0n) is 13.2. The van der Waals surface area contributed by atoms with Crippen molar-refractivity contribution in [1.82, 2.24) is 5.32 Å². The zero-order valence-corrected chi connectivity index (χ0v) is 14.0. The van der Waals surface area contributed by atoms with Crippen molar-refractivity contribution in [2.24, 2.45) is 11.8 Å². The third-order valence-electron chi connectivity index (χ3n) is 4.85. The van der Waals surface area contributed by atoms with E-state index in [-0.39, 0.29) is 5.91 Å². The molecule has 1 amide bonds. The summed E-state index contributed by atoms with van der Waals surface area (Å²) in [5.74, 6) is 1.44. The molecule has 0 radical (unpaired) electrons. The van der Waals surface area contributed by atoms with Gasteiger partial charge in [0.05, 0.1) is 4.88 Å². The van der Waals surface area contributed by atoms with E-state index in [4.69, 9.17) is 0 Å². The molecule has 0 saturated heterocycles. The molecule has 1 fully saturated rings. The first-order valence-electron chi connectivity index (χ1n) is 7.99. The molecule has 0 bridgehead atoms. The van der Waals surface area contributed by atoms with Gasteiger partial charge < -0.3 is 5.32 Å². The fourth-order valence-corrected chi connectivity index (χ4v) is 4.30. The van der Waals surface area contributed by atoms with Crippen LogP contribution in [0.5, 0.6) is 0 Å². The highest BCUT2D eigenvalue weighted by Crippen LogP contribution is 2.30. The smallest absolute Gasteiger partial charge is 0.261 e. The first-order valence-corrected chi connectivity index (χ1v) is 8.80. The zero-order chi connectivity index (χ0) is 14.7. The molecule has 3 atom stereocenters. The lowest BCUT2D eigenvalue weighted by atomic mass is 9.78. The van der Waals surface area contributed by atoms with Crippen LogP contribution in [0, 0.1) is 11.8 Å². The summed E-state index contributed by atoms with van der Waals surface area (Å²) in [5, 5.41) is 3.28. The number of thiophene rings is 1. The third-order valence-corrected chi connectivity index (χ3v) is 6.17. The van der Waals surface area contributed by atoms with Crippen molar-refractivity contribution in [2.45, 2.75) is 65.8 Å². The Morgan fingerprint density at radius 3 is 2.65 bits per heavy atom. The van der Waals surface area contributed by atoms with Gasteiger partial charge in [0.1, 0.15) is 0 Å². The summed E-state index contributed by atoms with van der Waals surface area (Å²) < 4.78 is 0. The first-order chi connectivity index (χ1) is 9.56. The highest BCUT2D eigenvalue weighted by molar-refractivity contribution is 7.14. The number of amides is 1. The van der Waals surface area contributed by atoms with Crippen LogP contribution < -0.4 is 5.32 Å². The lowest BCUT2D eigenvalue weighted by Crippen LogP contribution is -2.43. The highest BCUT2D eigenvalue weighted by Gasteiger charge is 2.28. The SMILES string of the molecule is CCc1cc(C(=O)NC2CCCC(C)C2C)sc1CC. The fourth-order valence-electron chi connectivity index (χ4n) is 3.20. The van der Waals surface area contributed by atoms with Crippen LogP contribution in [0.15, 0.2) is 6.07 Å². The largest absolute Gasteiger partial charge is 0.348 e. The average molecular weight is 293 g/mol. The number of carbonyl (C=O) groups excluding carboxylic acids is 1. The molecule has 112 valence electrons. The Morgan fingerprint density at radius 1 is 1.30 bits per heavy atom. The molecule has 1 heterocycles. The van der Waals surface area contributed by atoms with Gasteiger partial charge in [-0.2, -0.15) is 0 Å². The summed E-state index contributed by atoms with van der Waals surface area (Å²) in [7, 11) is 0. The number of nitrogens with one attached hydrogen (secondary N) is 1. The second-order valence-corrected chi connectivity index (χ2v) is 7.25. The number of rotatable bonds is 4. The molecule has 2 nitrogen and oxygen atoms in total. The quantitative estimate of drug-likeness (QED) is 0.874. The molecule has 3 unspecified atom stereocenters. The molecular weight excluding hydrogens is 266 g/mol. The van der Waals surface area contributed by atoms with Crippen LogP contribution in [-0.4, -0.2) is 11.9 Å². The van der Waals surface area contributed by atoms with E-state index < -0.39 is 0 Å². The van der Waals surface area contributed by atoms with Crippen LogP contribution in [-0.2, 0) is 12.8 Å². The van der Waals surface area contributed by atoms with Crippen molar-refractivity contribution in [3.8, 4) is 0 Å². The summed E-state index contributed by atoms with van der Waals surface area (Å²) in [6.07, 6.45) is 5.71. The van der Waals surface area contributed by atoms with Crippen LogP contribution >= 0.6 is 11.3 Å². The molecule has 2 rings (SSSR count). The minimum Gasteiger partial charge on any atom is -0.348 e. The number of hydrogen-bond donors (Lipinski definition) is 1. The highest BCUT2D eigenvalue weighted by atomic mass is 32.1. The summed E-state index contributed by atoms with van der Waals surface area (Å²) in [6.45, 7) is 8.90. The topological polar surface area (TPSA) is 29.1 Å². The maximum atomic E-state index is 12.5. The minimum atomic E-state index is 0.135. The summed E-state index contributed by atoms with van der Waals surface area (Å²) in [6, 6.07) is 2.44. The molecule has 1 aliphatic rings. The molecule has 0 spiro atoms. The van der Waals surface area contributed by atoms with E-state index in [1.54, 1.807) is 11.3 Å². The van der Waals surface area contributed by atoms with Gasteiger partial charge in [0.25, 0.3) is 5.91 Å². The second-order valence-electron chi connectivity index (χ2n) is 6.11. The predicted octanol–water partition coefficient (Wildman–Crippen LogP) is 4.43. The van der Waals surface area contributed by atoms with Crippen LogP contribution in [0.2, 0.25) is 0 Å². The Bertz CT molecular complexity index is 444. The van der Waals surface area contributed by atoms with Gasteiger partial charge in [-0.15, -0.1) is 11.3 Å². The molecule has 1 aromatic rings. The van der Waals surface area contributed by atoms with Gasteiger partial charge in [0.2, 0.25) is 0 Å². The van der Waals surface area contributed by atoms with Gasteiger partial charge in [0.15, 0.2) is 0 Å². The van der Waals surface area contributed by atoms with Crippen LogP contribution in [0.4, 0.5) is 0 Å². The van der Waals surface area contributed by atoms with Crippen LogP contribution in [0.25, 0.3) is 0 Å². The van der Waals surface area contributed by atoms with Crippen LogP contribution in [0.1, 0.15) is 67.1 Å². The average Bonchev–Trinajstić information content (AvgIpc) is 2.87. The van der Waals surface area contributed by atoms with E-state index in [0.717, 1.165) is 30.1 Å². The standard InChI is InChI=1S/C17H27NOS/c1-5-13-10-16(20-15(13)6-2)17(19)18-14-9-7-8-11(3)12(14)4/h10-12,14H,5-9H2,1-4H3,(H,18,19). The van der Waals surface area contributed by atoms with E-state index in [2.05, 4.69) is 39.1 Å². The minimum absolute atomic E-state index is 0.135. The third kappa shape index (κ3) is 3.25. The van der Waals surface area contributed by atoms with Crippen molar-refractivity contribution < 1.29 is 4.79 Å². The Balaban J connectivity index is 2.06. The Morgan fingerprint density at radius 2 is 2.05 bits per heavy atom. The van der Waals surface area contributed by atoms with Crippen LogP contribution in [0.3, 0.4) is 0 Å². The molecule has 1 aromatic heterocycles. The monoisotopic (exact) mass is 293 g/mol. The van der Waals surface area contributed by atoms with E-state index in [9.17, 15) is 4.79 Å². The van der Waals surface area contributed by atoms with Gasteiger partial charge in [-0.05, 0) is 42.7 Å². The maximum absolute atomic E-state index is 12.5. The lowest BCUT2D eigenvalue weighted by Gasteiger charge is -2.34. The Hall–Kier alpha value is -0.830. The van der Waals surface area contributed by atoms with Crippen molar-refractivity contribution in [2.75, 3.05) is 0 Å². The van der Waals surface area contributed by atoms with Crippen molar-refractivity contribution in [1.29, 1.82) is 0 Å². The number of aryl methyl sites for hydroxylation is 2. The van der Waals surface area contributed by atoms with E-state index >= 15 is 0 Å². The van der Waals surface area contributed by atoms with Crippen molar-refractivity contribution >= 4 is 17.2 Å². The molecule has 3 heteroatoms. The van der Waals surface area contributed by atoms with Crippen molar-refractivity contribution in [3.63, 3.8) is 0 Å². The van der Waals surface area contributed by atoms with Gasteiger partial charge in [0, 0.05) is 10.9 Å². The predicted molar refractivity (Wildman–Crippen MR) is 86.5 cm³/mol. The van der Waals surface area contributed by atoms with Gasteiger partial charge in [-0.1, -0.05) is 40.5 Å². The maximum Gasteiger partial charge on any atom is 0.261 e. The second kappa shape index (κ2) is 6.75. The Kier molecular flexibility index (Phi) is 5.25. The first kappa shape index (κ1) is 15.6. The van der Waals surface area contributed by atoms with Gasteiger partial charge >= 0.3 is 0 Å². The summed E-state index contributed by atoms with van der Waals surface area (Å²) in [5.41, 5.74) is 1.34. The summed E-state index contributed by atoms with van der Waals surface area (Å²) >= 11 is 1.67.